The van der Waals surface area contributed by atoms with Crippen LogP contribution in [-0.4, -0.2) is 25.2 Å². The zero-order valence-electron chi connectivity index (χ0n) is 9.05. The third kappa shape index (κ3) is 4.86. The minimum atomic E-state index is -4.22. The normalized spacial score (nSPS) is 11.5. The molecule has 0 saturated carbocycles. The van der Waals surface area contributed by atoms with Gasteiger partial charge in [-0.15, -0.1) is 0 Å². The number of alkyl halides is 3. The number of hydrogen-bond donors (Lipinski definition) is 2. The Morgan fingerprint density at radius 2 is 1.94 bits per heavy atom. The largest absolute Gasteiger partial charge is 0.401 e. The van der Waals surface area contributed by atoms with Gasteiger partial charge in [-0.1, -0.05) is 18.2 Å². The molecule has 0 aromatic heterocycles. The van der Waals surface area contributed by atoms with Gasteiger partial charge in [0.2, 0.25) is 5.91 Å². The highest BCUT2D eigenvalue weighted by atomic mass is 19.4. The average molecular weight is 246 g/mol. The Hall–Kier alpha value is -1.56. The van der Waals surface area contributed by atoms with E-state index in [9.17, 15) is 18.0 Å². The SMILES string of the molecule is NC(=O)c1ccccc1CCNCC(F)(F)F. The lowest BCUT2D eigenvalue weighted by Gasteiger charge is -2.09. The first-order valence-corrected chi connectivity index (χ1v) is 5.05. The van der Waals surface area contributed by atoms with Crippen LogP contribution in [0.2, 0.25) is 0 Å². The van der Waals surface area contributed by atoms with E-state index in [0.29, 0.717) is 17.5 Å². The lowest BCUT2D eigenvalue weighted by molar-refractivity contribution is -0.124. The van der Waals surface area contributed by atoms with Gasteiger partial charge in [-0.3, -0.25) is 4.79 Å². The maximum absolute atomic E-state index is 11.9. The molecule has 0 bridgehead atoms. The van der Waals surface area contributed by atoms with E-state index >= 15 is 0 Å². The van der Waals surface area contributed by atoms with Crippen LogP contribution in [0, 0.1) is 0 Å². The lowest BCUT2D eigenvalue weighted by atomic mass is 10.0. The molecule has 94 valence electrons. The van der Waals surface area contributed by atoms with Crippen molar-refractivity contribution in [3.63, 3.8) is 0 Å². The van der Waals surface area contributed by atoms with Gasteiger partial charge in [0.25, 0.3) is 0 Å². The number of carbonyl (C=O) groups is 1. The third-order valence-electron chi connectivity index (χ3n) is 2.18. The predicted molar refractivity (Wildman–Crippen MR) is 57.6 cm³/mol. The Balaban J connectivity index is 2.49. The summed E-state index contributed by atoms with van der Waals surface area (Å²) >= 11 is 0. The molecule has 0 fully saturated rings. The van der Waals surface area contributed by atoms with E-state index in [1.54, 1.807) is 24.3 Å². The topological polar surface area (TPSA) is 55.1 Å². The molecule has 0 unspecified atom stereocenters. The summed E-state index contributed by atoms with van der Waals surface area (Å²) < 4.78 is 35.6. The van der Waals surface area contributed by atoms with Crippen molar-refractivity contribution in [2.24, 2.45) is 5.73 Å². The van der Waals surface area contributed by atoms with Crippen LogP contribution in [-0.2, 0) is 6.42 Å². The fourth-order valence-corrected chi connectivity index (χ4v) is 1.43. The van der Waals surface area contributed by atoms with Crippen LogP contribution in [0.5, 0.6) is 0 Å². The van der Waals surface area contributed by atoms with E-state index in [-0.39, 0.29) is 6.54 Å². The molecule has 1 aromatic rings. The highest BCUT2D eigenvalue weighted by molar-refractivity contribution is 5.94. The summed E-state index contributed by atoms with van der Waals surface area (Å²) in [6, 6.07) is 6.61. The van der Waals surface area contributed by atoms with Gasteiger partial charge in [0.05, 0.1) is 6.54 Å². The molecule has 1 aromatic carbocycles. The highest BCUT2D eigenvalue weighted by Gasteiger charge is 2.25. The van der Waals surface area contributed by atoms with Crippen LogP contribution in [0.25, 0.3) is 0 Å². The number of benzene rings is 1. The van der Waals surface area contributed by atoms with Gasteiger partial charge in [0, 0.05) is 5.56 Å². The summed E-state index contributed by atoms with van der Waals surface area (Å²) in [6.45, 7) is -0.893. The van der Waals surface area contributed by atoms with Crippen molar-refractivity contribution in [1.82, 2.24) is 5.32 Å². The molecule has 3 nitrogen and oxygen atoms in total. The van der Waals surface area contributed by atoms with Crippen molar-refractivity contribution >= 4 is 5.91 Å². The second-order valence-corrected chi connectivity index (χ2v) is 3.56. The van der Waals surface area contributed by atoms with Crippen molar-refractivity contribution in [3.05, 3.63) is 35.4 Å². The van der Waals surface area contributed by atoms with Gasteiger partial charge in [0.1, 0.15) is 0 Å². The molecule has 3 N–H and O–H groups in total. The van der Waals surface area contributed by atoms with E-state index in [1.165, 1.54) is 0 Å². The van der Waals surface area contributed by atoms with Crippen molar-refractivity contribution in [1.29, 1.82) is 0 Å². The van der Waals surface area contributed by atoms with Crippen molar-refractivity contribution in [2.45, 2.75) is 12.6 Å². The van der Waals surface area contributed by atoms with Gasteiger partial charge in [-0.05, 0) is 24.6 Å². The monoisotopic (exact) mass is 246 g/mol. The second kappa shape index (κ2) is 5.67. The lowest BCUT2D eigenvalue weighted by Crippen LogP contribution is -2.30. The zero-order chi connectivity index (χ0) is 12.9. The number of primary amides is 1. The summed E-state index contributed by atoms with van der Waals surface area (Å²) in [6.07, 6.45) is -3.89. The third-order valence-corrected chi connectivity index (χ3v) is 2.18. The maximum atomic E-state index is 11.9. The highest BCUT2D eigenvalue weighted by Crippen LogP contribution is 2.12. The first-order chi connectivity index (χ1) is 7.90. The van der Waals surface area contributed by atoms with Gasteiger partial charge >= 0.3 is 6.18 Å². The van der Waals surface area contributed by atoms with Gasteiger partial charge in [0.15, 0.2) is 0 Å². The fourth-order valence-electron chi connectivity index (χ4n) is 1.43. The molecule has 0 radical (unpaired) electrons. The average Bonchev–Trinajstić information content (AvgIpc) is 2.23. The summed E-state index contributed by atoms with van der Waals surface area (Å²) in [7, 11) is 0. The van der Waals surface area contributed by atoms with Crippen LogP contribution >= 0.6 is 0 Å². The van der Waals surface area contributed by atoms with Gasteiger partial charge in [-0.2, -0.15) is 13.2 Å². The Bertz CT molecular complexity index is 391. The molecule has 0 aliphatic carbocycles. The minimum absolute atomic E-state index is 0.143. The number of halogens is 3. The number of rotatable bonds is 5. The van der Waals surface area contributed by atoms with Gasteiger partial charge in [-0.25, -0.2) is 0 Å². The predicted octanol–water partition coefficient (Wildman–Crippen LogP) is 1.48. The van der Waals surface area contributed by atoms with Gasteiger partial charge < -0.3 is 11.1 Å². The van der Waals surface area contributed by atoms with Crippen molar-refractivity contribution < 1.29 is 18.0 Å². The molecule has 17 heavy (non-hydrogen) atoms. The Labute approximate surface area is 96.8 Å². The summed E-state index contributed by atoms with van der Waals surface area (Å²) in [5, 5.41) is 2.26. The quantitative estimate of drug-likeness (QED) is 0.773. The van der Waals surface area contributed by atoms with E-state index in [0.717, 1.165) is 0 Å². The van der Waals surface area contributed by atoms with Crippen LogP contribution < -0.4 is 11.1 Å². The fraction of sp³-hybridized carbons (Fsp3) is 0.364. The molecule has 0 heterocycles. The Morgan fingerprint density at radius 3 is 2.53 bits per heavy atom. The molecular formula is C11H13F3N2O. The van der Waals surface area contributed by atoms with E-state index in [1.807, 2.05) is 0 Å². The molecule has 1 rings (SSSR count). The molecule has 6 heteroatoms. The zero-order valence-corrected chi connectivity index (χ0v) is 9.05. The smallest absolute Gasteiger partial charge is 0.366 e. The summed E-state index contributed by atoms with van der Waals surface area (Å²) in [5.41, 5.74) is 6.14. The second-order valence-electron chi connectivity index (χ2n) is 3.56. The minimum Gasteiger partial charge on any atom is -0.366 e. The number of nitrogens with two attached hydrogens (primary N) is 1. The maximum Gasteiger partial charge on any atom is 0.401 e. The van der Waals surface area contributed by atoms with Crippen LogP contribution in [0.15, 0.2) is 24.3 Å². The molecule has 0 saturated heterocycles. The van der Waals surface area contributed by atoms with Crippen LogP contribution in [0.4, 0.5) is 13.2 Å². The molecule has 0 aliphatic rings. The Morgan fingerprint density at radius 1 is 1.29 bits per heavy atom. The van der Waals surface area contributed by atoms with E-state index in [2.05, 4.69) is 5.32 Å². The first kappa shape index (κ1) is 13.5. The number of amides is 1. The molecule has 1 amide bonds. The summed E-state index contributed by atoms with van der Waals surface area (Å²) in [4.78, 5) is 11.0. The van der Waals surface area contributed by atoms with Crippen LogP contribution in [0.1, 0.15) is 15.9 Å². The van der Waals surface area contributed by atoms with Crippen molar-refractivity contribution in [3.8, 4) is 0 Å². The molecule has 0 atom stereocenters. The van der Waals surface area contributed by atoms with Crippen molar-refractivity contribution in [2.75, 3.05) is 13.1 Å². The van der Waals surface area contributed by atoms with Crippen LogP contribution in [0.3, 0.4) is 0 Å². The molecule has 0 aliphatic heterocycles. The standard InChI is InChI=1S/C11H13F3N2O/c12-11(13,14)7-16-6-5-8-3-1-2-4-9(8)10(15)17/h1-4,16H,5-7H2,(H2,15,17). The summed E-state index contributed by atoms with van der Waals surface area (Å²) in [5.74, 6) is -0.573. The van der Waals surface area contributed by atoms with E-state index in [4.69, 9.17) is 5.73 Å². The number of carbonyl (C=O) groups excluding carboxylic acids is 1. The number of nitrogens with one attached hydrogen (secondary N) is 1. The molecule has 0 spiro atoms. The number of hydrogen-bond acceptors (Lipinski definition) is 2. The Kier molecular flexibility index (Phi) is 4.51. The van der Waals surface area contributed by atoms with E-state index < -0.39 is 18.6 Å². The first-order valence-electron chi connectivity index (χ1n) is 5.05. The molecular weight excluding hydrogens is 233 g/mol.